The second-order valence-corrected chi connectivity index (χ2v) is 11.6. The summed E-state index contributed by atoms with van der Waals surface area (Å²) in [6.07, 6.45) is 5.72. The minimum atomic E-state index is -1.01. The molecule has 0 bridgehead atoms. The van der Waals surface area contributed by atoms with Crippen LogP contribution in [0.25, 0.3) is 11.3 Å². The van der Waals surface area contributed by atoms with E-state index in [4.69, 9.17) is 4.74 Å². The van der Waals surface area contributed by atoms with Gasteiger partial charge in [-0.15, -0.1) is 0 Å². The maximum absolute atomic E-state index is 5.66. The van der Waals surface area contributed by atoms with Gasteiger partial charge in [0, 0.05) is 39.7 Å². The van der Waals surface area contributed by atoms with Crippen molar-refractivity contribution in [2.75, 3.05) is 6.61 Å². The summed E-state index contributed by atoms with van der Waals surface area (Å²) in [7, 11) is 0.897. The zero-order chi connectivity index (χ0) is 13.9. The van der Waals surface area contributed by atoms with E-state index < -0.39 is 8.07 Å². The molecular formula is C13H22N4OSi. The lowest BCUT2D eigenvalue weighted by Crippen LogP contribution is -2.22. The first-order valence-electron chi connectivity index (χ1n) is 6.54. The van der Waals surface area contributed by atoms with Gasteiger partial charge in [-0.05, 0) is 12.1 Å². The number of nitrogens with zero attached hydrogens (tertiary/aromatic N) is 4. The number of ether oxygens (including phenoxy) is 1. The normalized spacial score (nSPS) is 12.0. The number of hydrogen-bond acceptors (Lipinski definition) is 3. The van der Waals surface area contributed by atoms with Crippen LogP contribution in [-0.2, 0) is 18.5 Å². The van der Waals surface area contributed by atoms with E-state index in [9.17, 15) is 0 Å². The average molecular weight is 278 g/mol. The van der Waals surface area contributed by atoms with Gasteiger partial charge in [-0.3, -0.25) is 4.68 Å². The van der Waals surface area contributed by atoms with Crippen molar-refractivity contribution in [1.82, 2.24) is 19.6 Å². The Labute approximate surface area is 115 Å². The molecule has 0 spiro atoms. The fraction of sp³-hybridized carbons (Fsp3) is 0.538. The highest BCUT2D eigenvalue weighted by Gasteiger charge is 2.12. The Balaban J connectivity index is 1.85. The van der Waals surface area contributed by atoms with Crippen molar-refractivity contribution in [2.45, 2.75) is 32.4 Å². The first-order chi connectivity index (χ1) is 8.94. The predicted molar refractivity (Wildman–Crippen MR) is 78.5 cm³/mol. The monoisotopic (exact) mass is 278 g/mol. The molecule has 2 rings (SSSR count). The minimum Gasteiger partial charge on any atom is -0.360 e. The van der Waals surface area contributed by atoms with Gasteiger partial charge in [-0.25, -0.2) is 4.68 Å². The Morgan fingerprint density at radius 1 is 1.32 bits per heavy atom. The lowest BCUT2D eigenvalue weighted by molar-refractivity contribution is 0.0787. The van der Waals surface area contributed by atoms with Crippen LogP contribution in [0.5, 0.6) is 0 Å². The first-order valence-corrected chi connectivity index (χ1v) is 10.2. The van der Waals surface area contributed by atoms with Crippen LogP contribution in [0.15, 0.2) is 24.7 Å². The minimum absolute atomic E-state index is 0.519. The van der Waals surface area contributed by atoms with E-state index in [0.29, 0.717) is 6.73 Å². The van der Waals surface area contributed by atoms with Crippen LogP contribution in [0.3, 0.4) is 0 Å². The van der Waals surface area contributed by atoms with Crippen LogP contribution in [0, 0.1) is 0 Å². The van der Waals surface area contributed by atoms with Crippen LogP contribution < -0.4 is 0 Å². The molecule has 0 fully saturated rings. The Morgan fingerprint density at radius 2 is 2.11 bits per heavy atom. The lowest BCUT2D eigenvalue weighted by Gasteiger charge is -2.15. The van der Waals surface area contributed by atoms with E-state index >= 15 is 0 Å². The summed E-state index contributed by atoms with van der Waals surface area (Å²) in [4.78, 5) is 0. The molecule has 0 aliphatic rings. The highest BCUT2D eigenvalue weighted by Crippen LogP contribution is 2.15. The van der Waals surface area contributed by atoms with E-state index in [0.717, 1.165) is 17.9 Å². The molecule has 2 aromatic rings. The van der Waals surface area contributed by atoms with Gasteiger partial charge < -0.3 is 4.74 Å². The molecule has 0 radical (unpaired) electrons. The summed E-state index contributed by atoms with van der Waals surface area (Å²) in [5.41, 5.74) is 1.96. The third kappa shape index (κ3) is 4.32. The van der Waals surface area contributed by atoms with Crippen molar-refractivity contribution >= 4 is 8.07 Å². The van der Waals surface area contributed by atoms with Gasteiger partial charge >= 0.3 is 0 Å². The lowest BCUT2D eigenvalue weighted by atomic mass is 10.3. The highest BCUT2D eigenvalue weighted by atomic mass is 28.3. The molecule has 6 heteroatoms. The molecule has 19 heavy (non-hydrogen) atoms. The zero-order valence-corrected chi connectivity index (χ0v) is 13.1. The highest BCUT2D eigenvalue weighted by molar-refractivity contribution is 6.76. The molecule has 104 valence electrons. The Morgan fingerprint density at radius 3 is 2.74 bits per heavy atom. The largest absolute Gasteiger partial charge is 0.360 e. The molecule has 0 atom stereocenters. The molecule has 0 saturated carbocycles. The number of hydrogen-bond donors (Lipinski definition) is 0. The smallest absolute Gasteiger partial charge is 0.139 e. The van der Waals surface area contributed by atoms with Crippen molar-refractivity contribution in [3.05, 3.63) is 24.7 Å². The van der Waals surface area contributed by atoms with Crippen molar-refractivity contribution in [3.8, 4) is 11.3 Å². The molecule has 0 saturated heterocycles. The summed E-state index contributed by atoms with van der Waals surface area (Å²) in [5.74, 6) is 0. The quantitative estimate of drug-likeness (QED) is 0.602. The summed E-state index contributed by atoms with van der Waals surface area (Å²) >= 11 is 0. The van der Waals surface area contributed by atoms with Gasteiger partial charge in [0.05, 0.1) is 11.9 Å². The molecule has 0 aromatic carbocycles. The Kier molecular flexibility index (Phi) is 4.21. The topological polar surface area (TPSA) is 44.9 Å². The zero-order valence-electron chi connectivity index (χ0n) is 12.1. The van der Waals surface area contributed by atoms with E-state index in [1.54, 1.807) is 4.68 Å². The van der Waals surface area contributed by atoms with Gasteiger partial charge in [-0.2, -0.15) is 10.2 Å². The van der Waals surface area contributed by atoms with E-state index in [-0.39, 0.29) is 0 Å². The summed E-state index contributed by atoms with van der Waals surface area (Å²) in [6, 6.07) is 3.17. The van der Waals surface area contributed by atoms with E-state index in [1.807, 2.05) is 36.4 Å². The van der Waals surface area contributed by atoms with Crippen molar-refractivity contribution in [3.63, 3.8) is 0 Å². The molecule has 0 unspecified atom stereocenters. The third-order valence-corrected chi connectivity index (χ3v) is 4.57. The average Bonchev–Trinajstić information content (AvgIpc) is 2.92. The number of aryl methyl sites for hydroxylation is 1. The van der Waals surface area contributed by atoms with Gasteiger partial charge in [0.15, 0.2) is 0 Å². The molecular weight excluding hydrogens is 256 g/mol. The molecule has 0 aliphatic carbocycles. The van der Waals surface area contributed by atoms with Crippen molar-refractivity contribution in [2.24, 2.45) is 7.05 Å². The fourth-order valence-electron chi connectivity index (χ4n) is 1.68. The first kappa shape index (κ1) is 14.0. The molecule has 2 heterocycles. The predicted octanol–water partition coefficient (Wildman–Crippen LogP) is 2.60. The van der Waals surface area contributed by atoms with Crippen LogP contribution in [0.1, 0.15) is 0 Å². The molecule has 0 N–H and O–H groups in total. The second kappa shape index (κ2) is 5.71. The van der Waals surface area contributed by atoms with Crippen molar-refractivity contribution in [1.29, 1.82) is 0 Å². The third-order valence-electron chi connectivity index (χ3n) is 2.86. The summed E-state index contributed by atoms with van der Waals surface area (Å²) < 4.78 is 9.27. The van der Waals surface area contributed by atoms with E-state index in [1.165, 1.54) is 6.04 Å². The summed E-state index contributed by atoms with van der Waals surface area (Å²) in [6.45, 7) is 8.39. The molecule has 5 nitrogen and oxygen atoms in total. The summed E-state index contributed by atoms with van der Waals surface area (Å²) in [5, 5.41) is 8.62. The van der Waals surface area contributed by atoms with Gasteiger partial charge in [-0.1, -0.05) is 19.6 Å². The number of aromatic nitrogens is 4. The van der Waals surface area contributed by atoms with Gasteiger partial charge in [0.1, 0.15) is 6.73 Å². The molecule has 0 aliphatic heterocycles. The fourth-order valence-corrected chi connectivity index (χ4v) is 2.43. The van der Waals surface area contributed by atoms with Gasteiger partial charge in [0.25, 0.3) is 0 Å². The maximum atomic E-state index is 5.66. The molecule has 2 aromatic heterocycles. The standard InChI is InChI=1S/C13H22N4OSi/c1-16-10-12(9-14-16)13-5-6-17(15-13)11-18-7-8-19(2,3)4/h5-6,9-10H,7-8,11H2,1-4H3. The second-order valence-electron chi connectivity index (χ2n) is 5.99. The Hall–Kier alpha value is -1.40. The van der Waals surface area contributed by atoms with Crippen LogP contribution in [-0.4, -0.2) is 34.2 Å². The van der Waals surface area contributed by atoms with Crippen LogP contribution in [0.4, 0.5) is 0 Å². The SMILES string of the molecule is Cn1cc(-c2ccn(COCC[Si](C)(C)C)n2)cn1. The van der Waals surface area contributed by atoms with Crippen LogP contribution in [0.2, 0.25) is 25.7 Å². The number of rotatable bonds is 6. The van der Waals surface area contributed by atoms with Gasteiger partial charge in [0.2, 0.25) is 0 Å². The van der Waals surface area contributed by atoms with E-state index in [2.05, 4.69) is 29.8 Å². The molecule has 0 amide bonds. The maximum Gasteiger partial charge on any atom is 0.139 e. The van der Waals surface area contributed by atoms with Crippen LogP contribution >= 0.6 is 0 Å². The Bertz CT molecular complexity index is 527. The van der Waals surface area contributed by atoms with Crippen molar-refractivity contribution < 1.29 is 4.74 Å².